The van der Waals surface area contributed by atoms with Crippen LogP contribution in [0.25, 0.3) is 0 Å². The van der Waals surface area contributed by atoms with Gasteiger partial charge in [-0.15, -0.1) is 0 Å². The summed E-state index contributed by atoms with van der Waals surface area (Å²) in [6.45, 7) is 0. The number of nitrogen functional groups attached to an aromatic ring is 1. The monoisotopic (exact) mass is 264 g/mol. The Morgan fingerprint density at radius 3 is 2.61 bits per heavy atom. The lowest BCUT2D eigenvalue weighted by Crippen LogP contribution is -1.91. The van der Waals surface area contributed by atoms with Gasteiger partial charge in [0, 0.05) is 11.0 Å². The zero-order valence-electron chi connectivity index (χ0n) is 9.17. The number of nitro benzene ring substituents is 1. The molecule has 0 aliphatic rings. The zero-order chi connectivity index (χ0) is 13.1. The van der Waals surface area contributed by atoms with Crippen LogP contribution >= 0.6 is 11.8 Å². The minimum atomic E-state index is -0.529. The number of hydrogen-bond acceptors (Lipinski definition) is 4. The van der Waals surface area contributed by atoms with Gasteiger partial charge in [0.1, 0.15) is 5.82 Å². The zero-order valence-corrected chi connectivity index (χ0v) is 9.99. The van der Waals surface area contributed by atoms with Crippen LogP contribution < -0.4 is 5.73 Å². The van der Waals surface area contributed by atoms with Gasteiger partial charge in [0.2, 0.25) is 0 Å². The highest BCUT2D eigenvalue weighted by molar-refractivity contribution is 7.99. The van der Waals surface area contributed by atoms with Crippen molar-refractivity contribution in [2.75, 3.05) is 5.73 Å². The van der Waals surface area contributed by atoms with Crippen molar-refractivity contribution >= 4 is 23.1 Å². The van der Waals surface area contributed by atoms with Gasteiger partial charge in [0.15, 0.2) is 0 Å². The average molecular weight is 264 g/mol. The second-order valence-electron chi connectivity index (χ2n) is 3.51. The van der Waals surface area contributed by atoms with E-state index in [2.05, 4.69) is 0 Å². The summed E-state index contributed by atoms with van der Waals surface area (Å²) in [6.07, 6.45) is 0. The van der Waals surface area contributed by atoms with Gasteiger partial charge in [-0.1, -0.05) is 23.9 Å². The third kappa shape index (κ3) is 2.60. The highest BCUT2D eigenvalue weighted by atomic mass is 32.2. The molecule has 0 amide bonds. The van der Waals surface area contributed by atoms with Crippen molar-refractivity contribution in [3.8, 4) is 0 Å². The van der Waals surface area contributed by atoms with Gasteiger partial charge >= 0.3 is 0 Å². The summed E-state index contributed by atoms with van der Waals surface area (Å²) in [5.74, 6) is -0.529. The fourth-order valence-electron chi connectivity index (χ4n) is 1.39. The summed E-state index contributed by atoms with van der Waals surface area (Å²) >= 11 is 1.13. The van der Waals surface area contributed by atoms with E-state index in [-0.39, 0.29) is 11.4 Å². The molecule has 18 heavy (non-hydrogen) atoms. The molecule has 2 N–H and O–H groups in total. The molecule has 0 saturated carbocycles. The van der Waals surface area contributed by atoms with Gasteiger partial charge in [0.25, 0.3) is 5.69 Å². The van der Waals surface area contributed by atoms with Gasteiger partial charge in [-0.05, 0) is 24.3 Å². The first-order valence-electron chi connectivity index (χ1n) is 5.04. The highest BCUT2D eigenvalue weighted by Gasteiger charge is 2.13. The Balaban J connectivity index is 2.34. The molecule has 2 aromatic rings. The molecule has 2 aromatic carbocycles. The Morgan fingerprint density at radius 1 is 1.22 bits per heavy atom. The van der Waals surface area contributed by atoms with E-state index in [1.165, 1.54) is 18.2 Å². The Bertz CT molecular complexity index is 604. The number of halogens is 1. The Labute approximate surface area is 107 Å². The number of nitro groups is 1. The summed E-state index contributed by atoms with van der Waals surface area (Å²) in [5, 5.41) is 10.8. The third-order valence-electron chi connectivity index (χ3n) is 2.26. The molecule has 2 rings (SSSR count). The van der Waals surface area contributed by atoms with Crippen LogP contribution in [0.2, 0.25) is 0 Å². The van der Waals surface area contributed by atoms with E-state index in [1.807, 2.05) is 0 Å². The van der Waals surface area contributed by atoms with Gasteiger partial charge in [0.05, 0.1) is 15.5 Å². The molecule has 0 saturated heterocycles. The number of anilines is 1. The maximum Gasteiger partial charge on any atom is 0.283 e. The minimum Gasteiger partial charge on any atom is -0.396 e. The molecule has 4 nitrogen and oxygen atoms in total. The van der Waals surface area contributed by atoms with E-state index in [0.29, 0.717) is 9.79 Å². The molecule has 0 spiro atoms. The molecule has 0 aliphatic heterocycles. The summed E-state index contributed by atoms with van der Waals surface area (Å²) < 4.78 is 13.3. The van der Waals surface area contributed by atoms with Crippen LogP contribution in [0.15, 0.2) is 52.3 Å². The fourth-order valence-corrected chi connectivity index (χ4v) is 2.34. The Hall–Kier alpha value is -2.08. The van der Waals surface area contributed by atoms with E-state index < -0.39 is 10.7 Å². The van der Waals surface area contributed by atoms with Gasteiger partial charge in [-0.2, -0.15) is 0 Å². The van der Waals surface area contributed by atoms with Crippen molar-refractivity contribution in [3.05, 3.63) is 58.4 Å². The number of hydrogen-bond donors (Lipinski definition) is 1. The summed E-state index contributed by atoms with van der Waals surface area (Å²) in [5.41, 5.74) is 5.42. The van der Waals surface area contributed by atoms with E-state index in [4.69, 9.17) is 5.73 Å². The van der Waals surface area contributed by atoms with Crippen LogP contribution in [-0.4, -0.2) is 4.92 Å². The standard InChI is InChI=1S/C12H9FN2O2S/c13-9-7-8(5-6-10(9)14)18-12-4-2-1-3-11(12)15(16)17/h1-7H,14H2. The molecule has 6 heteroatoms. The van der Waals surface area contributed by atoms with Crippen molar-refractivity contribution in [1.82, 2.24) is 0 Å². The van der Waals surface area contributed by atoms with Crippen LogP contribution in [0.3, 0.4) is 0 Å². The number of nitrogens with zero attached hydrogens (tertiary/aromatic N) is 1. The molecule has 0 unspecified atom stereocenters. The first-order valence-corrected chi connectivity index (χ1v) is 5.86. The van der Waals surface area contributed by atoms with E-state index in [9.17, 15) is 14.5 Å². The molecule has 0 aromatic heterocycles. The smallest absolute Gasteiger partial charge is 0.283 e. The molecule has 0 radical (unpaired) electrons. The lowest BCUT2D eigenvalue weighted by atomic mass is 10.3. The normalized spacial score (nSPS) is 10.3. The van der Waals surface area contributed by atoms with Crippen LogP contribution in [-0.2, 0) is 0 Å². The second-order valence-corrected chi connectivity index (χ2v) is 4.63. The molecular weight excluding hydrogens is 255 g/mol. The van der Waals surface area contributed by atoms with Crippen molar-refractivity contribution in [1.29, 1.82) is 0 Å². The largest absolute Gasteiger partial charge is 0.396 e. The van der Waals surface area contributed by atoms with Crippen molar-refractivity contribution in [2.45, 2.75) is 9.79 Å². The quantitative estimate of drug-likeness (QED) is 0.523. The van der Waals surface area contributed by atoms with E-state index >= 15 is 0 Å². The summed E-state index contributed by atoms with van der Waals surface area (Å²) in [6, 6.07) is 10.6. The van der Waals surface area contributed by atoms with Crippen LogP contribution in [0.1, 0.15) is 0 Å². The van der Waals surface area contributed by atoms with Crippen molar-refractivity contribution in [3.63, 3.8) is 0 Å². The Morgan fingerprint density at radius 2 is 1.94 bits per heavy atom. The highest BCUT2D eigenvalue weighted by Crippen LogP contribution is 2.35. The predicted molar refractivity (Wildman–Crippen MR) is 68.0 cm³/mol. The number of para-hydroxylation sites is 1. The molecule has 0 atom stereocenters. The fraction of sp³-hybridized carbons (Fsp3) is 0. The lowest BCUT2D eigenvalue weighted by molar-refractivity contribution is -0.387. The number of rotatable bonds is 3. The second kappa shape index (κ2) is 5.05. The van der Waals surface area contributed by atoms with E-state index in [0.717, 1.165) is 11.8 Å². The maximum absolute atomic E-state index is 13.3. The van der Waals surface area contributed by atoms with Crippen molar-refractivity contribution < 1.29 is 9.31 Å². The van der Waals surface area contributed by atoms with Crippen LogP contribution in [0, 0.1) is 15.9 Å². The molecular formula is C12H9FN2O2S. The minimum absolute atomic E-state index is 0.000247. The Kier molecular flexibility index (Phi) is 3.47. The molecule has 92 valence electrons. The van der Waals surface area contributed by atoms with Gasteiger partial charge < -0.3 is 5.73 Å². The molecule has 0 bridgehead atoms. The number of nitrogens with two attached hydrogens (primary N) is 1. The van der Waals surface area contributed by atoms with Gasteiger partial charge in [-0.25, -0.2) is 4.39 Å². The molecule has 0 fully saturated rings. The van der Waals surface area contributed by atoms with Crippen LogP contribution in [0.4, 0.5) is 15.8 Å². The number of benzene rings is 2. The average Bonchev–Trinajstić information content (AvgIpc) is 2.34. The maximum atomic E-state index is 13.3. The lowest BCUT2D eigenvalue weighted by Gasteiger charge is -2.04. The van der Waals surface area contributed by atoms with Crippen molar-refractivity contribution in [2.24, 2.45) is 0 Å². The topological polar surface area (TPSA) is 69.2 Å². The first-order chi connectivity index (χ1) is 8.58. The first kappa shape index (κ1) is 12.4. The van der Waals surface area contributed by atoms with Gasteiger partial charge in [-0.3, -0.25) is 10.1 Å². The summed E-state index contributed by atoms with van der Waals surface area (Å²) in [4.78, 5) is 11.4. The SMILES string of the molecule is Nc1ccc(Sc2ccccc2[N+](=O)[O-])cc1F. The summed E-state index contributed by atoms with van der Waals surface area (Å²) in [7, 11) is 0. The van der Waals surface area contributed by atoms with E-state index in [1.54, 1.807) is 24.3 Å². The third-order valence-corrected chi connectivity index (χ3v) is 3.32. The molecule has 0 heterocycles. The van der Waals surface area contributed by atoms with Crippen LogP contribution in [0.5, 0.6) is 0 Å². The predicted octanol–water partition coefficient (Wildman–Crippen LogP) is 3.47. The molecule has 0 aliphatic carbocycles.